The summed E-state index contributed by atoms with van der Waals surface area (Å²) < 4.78 is 53.7. The summed E-state index contributed by atoms with van der Waals surface area (Å²) >= 11 is 0. The van der Waals surface area contributed by atoms with Crippen LogP contribution in [0.25, 0.3) is 59.2 Å². The monoisotopic (exact) mass is 492 g/mol. The van der Waals surface area contributed by atoms with Crippen LogP contribution in [0.15, 0.2) is 82.9 Å². The predicted octanol–water partition coefficient (Wildman–Crippen LogP) is 7.12. The van der Waals surface area contributed by atoms with E-state index in [1.807, 2.05) is 42.6 Å². The van der Waals surface area contributed by atoms with Crippen molar-refractivity contribution in [3.63, 3.8) is 0 Å². The molecule has 6 aromatic carbocycles. The highest BCUT2D eigenvalue weighted by molar-refractivity contribution is 6.21. The van der Waals surface area contributed by atoms with Crippen LogP contribution < -0.4 is 10.7 Å². The largest absolute Gasteiger partial charge is 0.419 e. The number of hydrogen-bond donors (Lipinski definition) is 0. The molecular weight excluding hydrogens is 480 g/mol. The molecule has 0 heterocycles. The number of nitrogens with zero attached hydrogens (tertiary/aromatic N) is 4. The number of halogens is 4. The molecule has 0 radical (unpaired) electrons. The summed E-state index contributed by atoms with van der Waals surface area (Å²) in [5.41, 5.74) is -0.725. The molecule has 0 atom stereocenters. The van der Waals surface area contributed by atoms with E-state index < -0.39 is 17.6 Å². The van der Waals surface area contributed by atoms with E-state index in [0.717, 1.165) is 44.5 Å². The molecule has 37 heavy (non-hydrogen) atoms. The second-order valence-corrected chi connectivity index (χ2v) is 8.55. The van der Waals surface area contributed by atoms with E-state index in [1.165, 1.54) is 6.07 Å². The molecule has 0 aromatic heterocycles. The summed E-state index contributed by atoms with van der Waals surface area (Å²) in [6, 6.07) is 19.3. The topological polar surface area (TPSA) is 52.9 Å². The Labute approximate surface area is 206 Å². The van der Waals surface area contributed by atoms with Crippen LogP contribution >= 0.6 is 0 Å². The molecule has 8 heteroatoms. The van der Waals surface area contributed by atoms with Gasteiger partial charge < -0.3 is 0 Å². The Morgan fingerprint density at radius 3 is 1.97 bits per heavy atom. The lowest BCUT2D eigenvalue weighted by Crippen LogP contribution is -2.08. The summed E-state index contributed by atoms with van der Waals surface area (Å²) in [7, 11) is 0. The highest BCUT2D eigenvalue weighted by Crippen LogP contribution is 2.37. The first-order valence-electron chi connectivity index (χ1n) is 11.0. The minimum Gasteiger partial charge on any atom is -0.206 e. The van der Waals surface area contributed by atoms with Gasteiger partial charge >= 0.3 is 6.18 Å². The van der Waals surface area contributed by atoms with E-state index >= 15 is 0 Å². The lowest BCUT2D eigenvalue weighted by molar-refractivity contribution is -0.139. The maximum absolute atomic E-state index is 13.8. The minimum atomic E-state index is -4.83. The van der Waals surface area contributed by atoms with Crippen molar-refractivity contribution in [2.24, 2.45) is 10.1 Å². The van der Waals surface area contributed by atoms with Crippen LogP contribution in [0.2, 0.25) is 0 Å². The summed E-state index contributed by atoms with van der Waals surface area (Å²) in [5, 5.41) is 20.4. The standard InChI is InChI=1S/C29H12F4N4/c1-35-37-28-22-10-15(16-7-9-26(30)25(11-16)29(31,32)33)6-8-18(22)21-12-23-20(13-24(21)28)17-4-2-3-5-19(17)27(23)36-14-34/h2-13H/b36-27?,37-28+. The van der Waals surface area contributed by atoms with Gasteiger partial charge in [-0.05, 0) is 63.0 Å². The van der Waals surface area contributed by atoms with Crippen LogP contribution in [0.5, 0.6) is 0 Å². The van der Waals surface area contributed by atoms with E-state index in [1.54, 1.807) is 18.2 Å². The summed E-state index contributed by atoms with van der Waals surface area (Å²) in [6.07, 6.45) is -2.96. The van der Waals surface area contributed by atoms with Crippen molar-refractivity contribution in [3.8, 4) is 17.3 Å². The first kappa shape index (κ1) is 22.4. The van der Waals surface area contributed by atoms with Crippen molar-refractivity contribution < 1.29 is 17.6 Å². The number of alkyl halides is 3. The predicted molar refractivity (Wildman–Crippen MR) is 133 cm³/mol. The molecule has 0 unspecified atom stereocenters. The normalized spacial score (nSPS) is 13.1. The molecule has 0 saturated heterocycles. The Hall–Kier alpha value is -5.08. The number of fused-ring (bicyclic) bond motifs is 6. The van der Waals surface area contributed by atoms with E-state index in [9.17, 15) is 22.8 Å². The highest BCUT2D eigenvalue weighted by atomic mass is 19.4. The maximum Gasteiger partial charge on any atom is 0.419 e. The molecule has 6 rings (SSSR count). The zero-order valence-corrected chi connectivity index (χ0v) is 18.7. The molecule has 0 bridgehead atoms. The zero-order chi connectivity index (χ0) is 25.9. The van der Waals surface area contributed by atoms with Crippen molar-refractivity contribution in [2.45, 2.75) is 6.18 Å². The van der Waals surface area contributed by atoms with Crippen LogP contribution in [0.1, 0.15) is 5.56 Å². The van der Waals surface area contributed by atoms with Crippen LogP contribution in [0.3, 0.4) is 0 Å². The lowest BCUT2D eigenvalue weighted by atomic mass is 10.00. The van der Waals surface area contributed by atoms with Gasteiger partial charge in [0.15, 0.2) is 5.36 Å². The van der Waals surface area contributed by atoms with Crippen LogP contribution in [0.4, 0.5) is 17.6 Å². The first-order valence-corrected chi connectivity index (χ1v) is 11.0. The molecule has 0 saturated carbocycles. The fourth-order valence-corrected chi connectivity index (χ4v) is 5.06. The van der Waals surface area contributed by atoms with E-state index in [-0.39, 0.29) is 5.56 Å². The average Bonchev–Trinajstić information content (AvgIpc) is 3.35. The Morgan fingerprint density at radius 1 is 0.703 bits per heavy atom. The van der Waals surface area contributed by atoms with Gasteiger partial charge in [0.2, 0.25) is 6.19 Å². The second kappa shape index (κ2) is 7.97. The third kappa shape index (κ3) is 3.35. The number of nitriles is 1. The highest BCUT2D eigenvalue weighted by Gasteiger charge is 2.34. The molecule has 0 amide bonds. The SMILES string of the molecule is [C-]#[N+]/N=c1\c2cc(-c3ccc(F)c(C(F)(F)F)c3)ccc2c2cc3c(=NC#N)c4ccccc4c3cc12. The molecule has 0 aliphatic carbocycles. The van der Waals surface area contributed by atoms with Gasteiger partial charge in [-0.25, -0.2) is 4.39 Å². The van der Waals surface area contributed by atoms with Gasteiger partial charge in [0.25, 0.3) is 0 Å². The van der Waals surface area contributed by atoms with Crippen LogP contribution in [0, 0.1) is 23.8 Å². The molecule has 0 spiro atoms. The molecule has 0 N–H and O–H groups in total. The molecule has 6 aromatic rings. The Balaban J connectivity index is 1.70. The molecule has 4 nitrogen and oxygen atoms in total. The fourth-order valence-electron chi connectivity index (χ4n) is 5.06. The van der Waals surface area contributed by atoms with Crippen molar-refractivity contribution in [1.82, 2.24) is 0 Å². The fraction of sp³-hybridized carbons (Fsp3) is 0.0345. The average molecular weight is 492 g/mol. The van der Waals surface area contributed by atoms with Gasteiger partial charge in [-0.1, -0.05) is 42.5 Å². The zero-order valence-electron chi connectivity index (χ0n) is 18.7. The lowest BCUT2D eigenvalue weighted by Gasteiger charge is -2.10. The van der Waals surface area contributed by atoms with Crippen LogP contribution in [-0.4, -0.2) is 0 Å². The number of hydrogen-bond acceptors (Lipinski definition) is 3. The number of rotatable bonds is 1. The van der Waals surface area contributed by atoms with Gasteiger partial charge in [0.1, 0.15) is 5.82 Å². The van der Waals surface area contributed by atoms with Crippen LogP contribution in [-0.2, 0) is 6.18 Å². The Morgan fingerprint density at radius 2 is 1.30 bits per heavy atom. The third-order valence-corrected chi connectivity index (χ3v) is 6.62. The second-order valence-electron chi connectivity index (χ2n) is 8.55. The summed E-state index contributed by atoms with van der Waals surface area (Å²) in [6.45, 7) is 7.36. The van der Waals surface area contributed by atoms with Gasteiger partial charge in [0.05, 0.1) is 16.0 Å². The van der Waals surface area contributed by atoms with Gasteiger partial charge in [0, 0.05) is 21.5 Å². The first-order chi connectivity index (χ1) is 17.8. The maximum atomic E-state index is 13.8. The van der Waals surface area contributed by atoms with Crippen molar-refractivity contribution >= 4 is 43.1 Å². The smallest absolute Gasteiger partial charge is 0.206 e. The Bertz CT molecular complexity index is 2120. The molecule has 0 aliphatic rings. The van der Waals surface area contributed by atoms with E-state index in [0.29, 0.717) is 27.1 Å². The van der Waals surface area contributed by atoms with Gasteiger partial charge in [-0.15, -0.1) is 4.95 Å². The third-order valence-electron chi connectivity index (χ3n) is 6.62. The van der Waals surface area contributed by atoms with Gasteiger partial charge in [-0.2, -0.15) is 30.0 Å². The number of benzene rings is 4. The minimum absolute atomic E-state index is 0.189. The van der Waals surface area contributed by atoms with E-state index in [4.69, 9.17) is 6.57 Å². The molecular formula is C29H12F4N4. The van der Waals surface area contributed by atoms with E-state index in [2.05, 4.69) is 15.0 Å². The summed E-state index contributed by atoms with van der Waals surface area (Å²) in [4.78, 5) is 7.28. The van der Waals surface area contributed by atoms with Gasteiger partial charge in [-0.3, -0.25) is 0 Å². The molecule has 0 fully saturated rings. The van der Waals surface area contributed by atoms with Crippen molar-refractivity contribution in [2.75, 3.05) is 0 Å². The quantitative estimate of drug-likeness (QED) is 0.104. The molecule has 0 aliphatic heterocycles. The van der Waals surface area contributed by atoms with Crippen molar-refractivity contribution in [1.29, 1.82) is 5.26 Å². The molecule has 176 valence electrons. The summed E-state index contributed by atoms with van der Waals surface area (Å²) in [5.74, 6) is -1.34. The Kier molecular flexibility index (Phi) is 4.82. The van der Waals surface area contributed by atoms with Crippen molar-refractivity contribution in [3.05, 3.63) is 106 Å².